The molecule has 19 heavy (non-hydrogen) atoms. The second kappa shape index (κ2) is 5.01. The summed E-state index contributed by atoms with van der Waals surface area (Å²) in [5.41, 5.74) is 5.35. The highest BCUT2D eigenvalue weighted by atomic mass is 19.1. The van der Waals surface area contributed by atoms with Crippen molar-refractivity contribution < 1.29 is 13.6 Å². The Morgan fingerprint density at radius 1 is 1.32 bits per heavy atom. The lowest BCUT2D eigenvalue weighted by atomic mass is 10.2. The van der Waals surface area contributed by atoms with Crippen LogP contribution in [0.1, 0.15) is 16.1 Å². The summed E-state index contributed by atoms with van der Waals surface area (Å²) in [5.74, 6) is -2.43. The Morgan fingerprint density at radius 2 is 2.05 bits per heavy atom. The van der Waals surface area contributed by atoms with Crippen molar-refractivity contribution >= 4 is 17.3 Å². The Labute approximate surface area is 108 Å². The Balaban J connectivity index is 2.35. The Morgan fingerprint density at radius 3 is 2.74 bits per heavy atom. The monoisotopic (exact) mass is 263 g/mol. The summed E-state index contributed by atoms with van der Waals surface area (Å²) in [4.78, 5) is 15.6. The molecule has 3 N–H and O–H groups in total. The van der Waals surface area contributed by atoms with Gasteiger partial charge in [0.05, 0.1) is 5.69 Å². The van der Waals surface area contributed by atoms with Gasteiger partial charge in [-0.05, 0) is 30.7 Å². The van der Waals surface area contributed by atoms with Crippen LogP contribution in [0.25, 0.3) is 0 Å². The zero-order valence-corrected chi connectivity index (χ0v) is 10.1. The first-order valence-corrected chi connectivity index (χ1v) is 5.47. The largest absolute Gasteiger partial charge is 0.397 e. The van der Waals surface area contributed by atoms with Crippen LogP contribution in [0.4, 0.5) is 20.2 Å². The zero-order chi connectivity index (χ0) is 14.0. The van der Waals surface area contributed by atoms with Gasteiger partial charge in [0, 0.05) is 6.20 Å². The molecule has 98 valence electrons. The SMILES string of the molecule is Cc1ccc(F)c(NC(=O)c2ncccc2N)c1F. The van der Waals surface area contributed by atoms with Gasteiger partial charge in [-0.15, -0.1) is 0 Å². The molecule has 1 amide bonds. The summed E-state index contributed by atoms with van der Waals surface area (Å²) in [7, 11) is 0. The molecule has 0 spiro atoms. The zero-order valence-electron chi connectivity index (χ0n) is 10.1. The van der Waals surface area contributed by atoms with Crippen LogP contribution >= 0.6 is 0 Å². The summed E-state index contributed by atoms with van der Waals surface area (Å²) < 4.78 is 27.2. The summed E-state index contributed by atoms with van der Waals surface area (Å²) in [6, 6.07) is 5.40. The van der Waals surface area contributed by atoms with E-state index < -0.39 is 23.2 Å². The van der Waals surface area contributed by atoms with E-state index in [1.807, 2.05) is 0 Å². The molecule has 1 aromatic heterocycles. The number of nitrogens with two attached hydrogens (primary N) is 1. The average Bonchev–Trinajstić information content (AvgIpc) is 2.39. The fraction of sp³-hybridized carbons (Fsp3) is 0.0769. The van der Waals surface area contributed by atoms with Crippen molar-refractivity contribution in [1.29, 1.82) is 0 Å². The van der Waals surface area contributed by atoms with Gasteiger partial charge in [-0.25, -0.2) is 13.8 Å². The number of benzene rings is 1. The van der Waals surface area contributed by atoms with Gasteiger partial charge in [-0.2, -0.15) is 0 Å². The number of halogens is 2. The second-order valence-electron chi connectivity index (χ2n) is 3.95. The second-order valence-corrected chi connectivity index (χ2v) is 3.95. The number of aromatic nitrogens is 1. The maximum atomic E-state index is 13.7. The predicted octanol–water partition coefficient (Wildman–Crippen LogP) is 2.50. The first-order valence-electron chi connectivity index (χ1n) is 5.47. The minimum absolute atomic E-state index is 0.0807. The minimum atomic E-state index is -0.856. The van der Waals surface area contributed by atoms with Gasteiger partial charge in [-0.1, -0.05) is 6.07 Å². The number of pyridine rings is 1. The first kappa shape index (κ1) is 12.9. The summed E-state index contributed by atoms with van der Waals surface area (Å²) in [5, 5.41) is 2.14. The molecule has 4 nitrogen and oxygen atoms in total. The lowest BCUT2D eigenvalue weighted by molar-refractivity contribution is 0.102. The van der Waals surface area contributed by atoms with Crippen molar-refractivity contribution in [2.45, 2.75) is 6.92 Å². The van der Waals surface area contributed by atoms with E-state index in [9.17, 15) is 13.6 Å². The van der Waals surface area contributed by atoms with Gasteiger partial charge < -0.3 is 11.1 Å². The van der Waals surface area contributed by atoms with E-state index in [1.165, 1.54) is 25.3 Å². The van der Waals surface area contributed by atoms with Crippen molar-refractivity contribution in [2.24, 2.45) is 0 Å². The number of rotatable bonds is 2. The molecule has 0 radical (unpaired) electrons. The first-order chi connectivity index (χ1) is 9.00. The van der Waals surface area contributed by atoms with Crippen molar-refractivity contribution in [3.63, 3.8) is 0 Å². The number of aryl methyl sites for hydroxylation is 1. The average molecular weight is 263 g/mol. The molecule has 0 fully saturated rings. The molecule has 0 saturated heterocycles. The van der Waals surface area contributed by atoms with Crippen LogP contribution in [0.3, 0.4) is 0 Å². The third-order valence-electron chi connectivity index (χ3n) is 2.58. The number of nitrogens with zero attached hydrogens (tertiary/aromatic N) is 1. The Kier molecular flexibility index (Phi) is 3.41. The molecule has 1 aromatic carbocycles. The van der Waals surface area contributed by atoms with Crippen LogP contribution in [-0.4, -0.2) is 10.9 Å². The topological polar surface area (TPSA) is 68.0 Å². The number of carbonyl (C=O) groups excluding carboxylic acids is 1. The molecule has 0 aliphatic rings. The molecule has 0 unspecified atom stereocenters. The van der Waals surface area contributed by atoms with Gasteiger partial charge in [0.15, 0.2) is 11.5 Å². The molecule has 0 aliphatic carbocycles. The normalized spacial score (nSPS) is 10.3. The number of hydrogen-bond acceptors (Lipinski definition) is 3. The van der Waals surface area contributed by atoms with Gasteiger partial charge >= 0.3 is 0 Å². The molecular formula is C13H11F2N3O. The van der Waals surface area contributed by atoms with Crippen LogP contribution in [-0.2, 0) is 0 Å². The Bertz CT molecular complexity index is 644. The van der Waals surface area contributed by atoms with E-state index in [0.29, 0.717) is 0 Å². The molecule has 0 saturated carbocycles. The highest BCUT2D eigenvalue weighted by Crippen LogP contribution is 2.22. The highest BCUT2D eigenvalue weighted by molar-refractivity contribution is 6.06. The van der Waals surface area contributed by atoms with E-state index in [-0.39, 0.29) is 16.9 Å². The number of nitrogens with one attached hydrogen (secondary N) is 1. The highest BCUT2D eigenvalue weighted by Gasteiger charge is 2.17. The van der Waals surface area contributed by atoms with Crippen LogP contribution in [0.15, 0.2) is 30.5 Å². The maximum Gasteiger partial charge on any atom is 0.276 e. The fourth-order valence-corrected chi connectivity index (χ4v) is 1.55. The Hall–Kier alpha value is -2.50. The summed E-state index contributed by atoms with van der Waals surface area (Å²) in [6.45, 7) is 1.47. The van der Waals surface area contributed by atoms with Gasteiger partial charge in [0.25, 0.3) is 5.91 Å². The van der Waals surface area contributed by atoms with E-state index in [2.05, 4.69) is 10.3 Å². The van der Waals surface area contributed by atoms with Crippen LogP contribution in [0, 0.1) is 18.6 Å². The fourth-order valence-electron chi connectivity index (χ4n) is 1.55. The molecule has 0 atom stereocenters. The third-order valence-corrected chi connectivity index (χ3v) is 2.58. The number of hydrogen-bond donors (Lipinski definition) is 2. The molecule has 1 heterocycles. The van der Waals surface area contributed by atoms with Gasteiger partial charge in [-0.3, -0.25) is 4.79 Å². The number of anilines is 2. The summed E-state index contributed by atoms with van der Waals surface area (Å²) >= 11 is 0. The van der Waals surface area contributed by atoms with Gasteiger partial charge in [0.2, 0.25) is 0 Å². The minimum Gasteiger partial charge on any atom is -0.397 e. The van der Waals surface area contributed by atoms with Crippen molar-refractivity contribution in [2.75, 3.05) is 11.1 Å². The molecule has 0 aliphatic heterocycles. The third kappa shape index (κ3) is 2.52. The van der Waals surface area contributed by atoms with E-state index in [0.717, 1.165) is 6.07 Å². The molecule has 6 heteroatoms. The molecule has 2 rings (SSSR count). The molecule has 0 bridgehead atoms. The number of amides is 1. The smallest absolute Gasteiger partial charge is 0.276 e. The van der Waals surface area contributed by atoms with Crippen LogP contribution < -0.4 is 11.1 Å². The maximum absolute atomic E-state index is 13.7. The van der Waals surface area contributed by atoms with E-state index in [4.69, 9.17) is 5.73 Å². The number of carbonyl (C=O) groups is 1. The van der Waals surface area contributed by atoms with Crippen molar-refractivity contribution in [3.05, 3.63) is 53.4 Å². The van der Waals surface area contributed by atoms with Crippen LogP contribution in [0.5, 0.6) is 0 Å². The lowest BCUT2D eigenvalue weighted by Gasteiger charge is -2.09. The molecular weight excluding hydrogens is 252 g/mol. The van der Waals surface area contributed by atoms with Gasteiger partial charge in [0.1, 0.15) is 11.5 Å². The lowest BCUT2D eigenvalue weighted by Crippen LogP contribution is -2.17. The van der Waals surface area contributed by atoms with E-state index >= 15 is 0 Å². The quantitative estimate of drug-likeness (QED) is 0.874. The van der Waals surface area contributed by atoms with Crippen LogP contribution in [0.2, 0.25) is 0 Å². The molecule has 2 aromatic rings. The number of nitrogen functional groups attached to an aromatic ring is 1. The van der Waals surface area contributed by atoms with E-state index in [1.54, 1.807) is 6.07 Å². The standard InChI is InChI=1S/C13H11F2N3O/c1-7-4-5-8(14)11(10(7)15)18-13(19)12-9(16)3-2-6-17-12/h2-6H,16H2,1H3,(H,18,19). The summed E-state index contributed by atoms with van der Waals surface area (Å²) in [6.07, 6.45) is 1.37. The van der Waals surface area contributed by atoms with Crippen molar-refractivity contribution in [3.8, 4) is 0 Å². The predicted molar refractivity (Wildman–Crippen MR) is 67.7 cm³/mol. The van der Waals surface area contributed by atoms with Crippen molar-refractivity contribution in [1.82, 2.24) is 4.98 Å².